The molecule has 1 aliphatic carbocycles. The molecule has 10 N–H and O–H groups in total. The number of esters is 4. The van der Waals surface area contributed by atoms with Crippen molar-refractivity contribution in [2.45, 2.75) is 530 Å². The third kappa shape index (κ3) is 50.9. The summed E-state index contributed by atoms with van der Waals surface area (Å²) in [5, 5.41) is 102. The number of aliphatic hydroxyl groups excluding tert-OH is 9. The van der Waals surface area contributed by atoms with Gasteiger partial charge in [0.2, 0.25) is 0 Å². The van der Waals surface area contributed by atoms with E-state index < -0.39 is 162 Å². The highest BCUT2D eigenvalue weighted by Gasteiger charge is 2.60. The maximum atomic E-state index is 14.9. The second kappa shape index (κ2) is 70.7. The molecule has 690 valence electrons. The average molecular weight is 1700 g/mol. The van der Waals surface area contributed by atoms with Crippen LogP contribution in [-0.2, 0) is 70.7 Å². The number of unbranched alkanes of at least 4 members (excludes halogenated alkanes) is 54. The molecular weight excluding hydrogens is 1520 g/mol. The summed E-state index contributed by atoms with van der Waals surface area (Å²) in [5.41, 5.74) is 0. The topological polar surface area (TPSA) is 380 Å². The van der Waals surface area contributed by atoms with Gasteiger partial charge in [-0.25, -0.2) is 4.57 Å². The summed E-state index contributed by atoms with van der Waals surface area (Å²) in [5.74, 6) is -2.94. The van der Waals surface area contributed by atoms with Gasteiger partial charge in [0.15, 0.2) is 24.8 Å². The van der Waals surface area contributed by atoms with Crippen molar-refractivity contribution in [3.8, 4) is 0 Å². The fourth-order valence-electron chi connectivity index (χ4n) is 16.0. The molecule has 18 unspecified atom stereocenters. The van der Waals surface area contributed by atoms with E-state index in [2.05, 4.69) is 27.7 Å². The van der Waals surface area contributed by atoms with Gasteiger partial charge in [0.05, 0.1) is 13.2 Å². The normalized spacial score (nSPS) is 25.0. The lowest BCUT2D eigenvalue weighted by Crippen LogP contribution is -2.70. The van der Waals surface area contributed by atoms with Crippen molar-refractivity contribution in [2.24, 2.45) is 0 Å². The fraction of sp³-hybridized carbons (Fsp3) is 0.956. The van der Waals surface area contributed by atoms with E-state index in [0.717, 1.165) is 128 Å². The number of carbonyl (C=O) groups excluding carboxylic acids is 4. The Balaban J connectivity index is 1.90. The van der Waals surface area contributed by atoms with E-state index in [4.69, 9.17) is 46.9 Å². The Morgan fingerprint density at radius 1 is 0.308 bits per heavy atom. The van der Waals surface area contributed by atoms with Crippen molar-refractivity contribution in [3.63, 3.8) is 0 Å². The van der Waals surface area contributed by atoms with Crippen LogP contribution in [0.3, 0.4) is 0 Å². The molecule has 0 bridgehead atoms. The molecule has 0 amide bonds. The van der Waals surface area contributed by atoms with Crippen LogP contribution in [0.1, 0.15) is 426 Å². The lowest BCUT2D eigenvalue weighted by Gasteiger charge is -2.50. The van der Waals surface area contributed by atoms with Crippen LogP contribution in [0.4, 0.5) is 0 Å². The number of hydrogen-bond donors (Lipinski definition) is 10. The summed E-state index contributed by atoms with van der Waals surface area (Å²) in [7, 11) is -5.80. The molecule has 0 radical (unpaired) electrons. The largest absolute Gasteiger partial charge is 0.472 e. The van der Waals surface area contributed by atoms with E-state index >= 15 is 0 Å². The van der Waals surface area contributed by atoms with Crippen molar-refractivity contribution >= 4 is 31.7 Å². The Morgan fingerprint density at radius 2 is 0.590 bits per heavy atom. The molecule has 2 heterocycles. The molecule has 2 saturated heterocycles. The Bertz CT molecular complexity index is 2430. The van der Waals surface area contributed by atoms with Gasteiger partial charge in [-0.05, 0) is 25.7 Å². The highest BCUT2D eigenvalue weighted by atomic mass is 31.2. The van der Waals surface area contributed by atoms with Gasteiger partial charge < -0.3 is 88.7 Å². The summed E-state index contributed by atoms with van der Waals surface area (Å²) in [4.78, 5) is 66.5. The Kier molecular flexibility index (Phi) is 65.7. The van der Waals surface area contributed by atoms with Crippen molar-refractivity contribution in [2.75, 3.05) is 26.4 Å². The van der Waals surface area contributed by atoms with Crippen molar-refractivity contribution in [1.29, 1.82) is 0 Å². The van der Waals surface area contributed by atoms with Gasteiger partial charge in [-0.1, -0.05) is 374 Å². The fourth-order valence-corrected chi connectivity index (χ4v) is 17.0. The van der Waals surface area contributed by atoms with Crippen LogP contribution in [0, 0.1) is 0 Å². The third-order valence-corrected chi connectivity index (χ3v) is 24.6. The molecule has 18 atom stereocenters. The highest BCUT2D eigenvalue weighted by molar-refractivity contribution is 7.47. The standard InChI is InChI=1S/C91H171O25P/c1-5-9-13-17-21-25-29-33-35-37-41-44-47-51-55-59-63-74(93)107-68-71(110-76(95)65-61-57-53-49-46-42-38-36-34-30-26-22-18-14-10-6-2)69-109-117(105,106)116-89-87(114-90-84(103)80(99)78(97)72(67-92)111-90)83(102)82(101)86(113-77(96)66-62-58-54-50-45-40-32-28-24-20-16-12-8-4)88(89)115-91-85(104)81(100)79(98)73(112-91)70-108-75(94)64-60-56-52-48-43-39-31-27-23-19-15-11-7-3/h71-73,78-92,97-104H,5-70H2,1-4H3,(H,105,106). The molecule has 0 aromatic carbocycles. The highest BCUT2D eigenvalue weighted by Crippen LogP contribution is 2.49. The van der Waals surface area contributed by atoms with Crippen LogP contribution in [0.5, 0.6) is 0 Å². The zero-order chi connectivity index (χ0) is 85.4. The zero-order valence-corrected chi connectivity index (χ0v) is 74.4. The van der Waals surface area contributed by atoms with E-state index in [1.165, 1.54) is 212 Å². The lowest BCUT2D eigenvalue weighted by molar-refractivity contribution is -0.360. The maximum Gasteiger partial charge on any atom is 0.472 e. The van der Waals surface area contributed by atoms with Gasteiger partial charge in [0.25, 0.3) is 0 Å². The van der Waals surface area contributed by atoms with Gasteiger partial charge in [0.1, 0.15) is 92.6 Å². The number of aliphatic hydroxyl groups is 9. The second-order valence-electron chi connectivity index (χ2n) is 34.3. The number of phosphoric ester groups is 1. The third-order valence-electron chi connectivity index (χ3n) is 23.6. The van der Waals surface area contributed by atoms with Crippen molar-refractivity contribution < 1.29 is 122 Å². The first kappa shape index (κ1) is 109. The maximum absolute atomic E-state index is 14.9. The van der Waals surface area contributed by atoms with Crippen LogP contribution in [-0.4, -0.2) is 205 Å². The van der Waals surface area contributed by atoms with Crippen LogP contribution in [0.25, 0.3) is 0 Å². The Hall–Kier alpha value is -2.53. The van der Waals surface area contributed by atoms with E-state index in [9.17, 15) is 74.6 Å². The van der Waals surface area contributed by atoms with Gasteiger partial charge in [-0.15, -0.1) is 0 Å². The molecule has 117 heavy (non-hydrogen) atoms. The van der Waals surface area contributed by atoms with Gasteiger partial charge in [0, 0.05) is 25.7 Å². The number of ether oxygens (including phenoxy) is 8. The monoisotopic (exact) mass is 1700 g/mol. The number of rotatable bonds is 78. The predicted octanol–water partition coefficient (Wildman–Crippen LogP) is 17.8. The molecule has 0 aromatic rings. The van der Waals surface area contributed by atoms with Crippen LogP contribution >= 0.6 is 7.82 Å². The van der Waals surface area contributed by atoms with Gasteiger partial charge >= 0.3 is 31.7 Å². The van der Waals surface area contributed by atoms with E-state index in [0.29, 0.717) is 32.1 Å². The minimum Gasteiger partial charge on any atom is -0.463 e. The Morgan fingerprint density at radius 3 is 0.932 bits per heavy atom. The van der Waals surface area contributed by atoms with Crippen molar-refractivity contribution in [3.05, 3.63) is 0 Å². The molecular formula is C91H171O25P. The summed E-state index contributed by atoms with van der Waals surface area (Å²) in [6, 6.07) is 0. The average Bonchev–Trinajstić information content (AvgIpc) is 0.754. The predicted molar refractivity (Wildman–Crippen MR) is 453 cm³/mol. The quantitative estimate of drug-likeness (QED) is 0.0117. The molecule has 3 fully saturated rings. The Labute approximate surface area is 706 Å². The second-order valence-corrected chi connectivity index (χ2v) is 35.7. The lowest BCUT2D eigenvalue weighted by atomic mass is 9.84. The van der Waals surface area contributed by atoms with Crippen LogP contribution in [0.15, 0.2) is 0 Å². The smallest absolute Gasteiger partial charge is 0.463 e. The number of phosphoric acid groups is 1. The molecule has 0 aromatic heterocycles. The van der Waals surface area contributed by atoms with E-state index in [-0.39, 0.29) is 25.7 Å². The summed E-state index contributed by atoms with van der Waals surface area (Å²) >= 11 is 0. The first-order valence-corrected chi connectivity index (χ1v) is 49.3. The summed E-state index contributed by atoms with van der Waals surface area (Å²) in [6.45, 7) is 5.63. The van der Waals surface area contributed by atoms with E-state index in [1.54, 1.807) is 0 Å². The van der Waals surface area contributed by atoms with Crippen molar-refractivity contribution in [1.82, 2.24) is 0 Å². The number of carbonyl (C=O) groups is 4. The first-order chi connectivity index (χ1) is 56.7. The molecule has 0 spiro atoms. The molecule has 26 heteroatoms. The van der Waals surface area contributed by atoms with E-state index in [1.807, 2.05) is 0 Å². The molecule has 3 rings (SSSR count). The SMILES string of the molecule is CCCCCCCCCCCCCCCCCCC(=O)OCC(COP(=O)(O)OC1C(OC2OC(CO)C(O)C(O)C2O)C(O)C(O)C(OC(=O)CCCCCCCCCCCCCCC)C1OC1OC(COC(=O)CCCCCCCCCCCCCCC)C(O)C(O)C1O)OC(=O)CCCCCCCCCCCCCCCCCC. The molecule has 2 aliphatic heterocycles. The zero-order valence-electron chi connectivity index (χ0n) is 73.5. The van der Waals surface area contributed by atoms with Crippen LogP contribution in [0.2, 0.25) is 0 Å². The van der Waals surface area contributed by atoms with Gasteiger partial charge in [-0.2, -0.15) is 0 Å². The summed E-state index contributed by atoms with van der Waals surface area (Å²) in [6.07, 6.45) is 28.0. The minimum absolute atomic E-state index is 0.0198. The molecule has 3 aliphatic rings. The molecule has 25 nitrogen and oxygen atoms in total. The van der Waals surface area contributed by atoms with Gasteiger partial charge in [-0.3, -0.25) is 28.2 Å². The minimum atomic E-state index is -5.80. The first-order valence-electron chi connectivity index (χ1n) is 47.8. The molecule has 1 saturated carbocycles. The number of hydrogen-bond acceptors (Lipinski definition) is 24. The summed E-state index contributed by atoms with van der Waals surface area (Å²) < 4.78 is 73.5. The van der Waals surface area contributed by atoms with Crippen LogP contribution < -0.4 is 0 Å².